The van der Waals surface area contributed by atoms with E-state index in [0.717, 1.165) is 5.56 Å². The van der Waals surface area contributed by atoms with Crippen LogP contribution in [0.5, 0.6) is 0 Å². The maximum Gasteiger partial charge on any atom is 0.317 e. The molecule has 5 nitrogen and oxygen atoms in total. The van der Waals surface area contributed by atoms with E-state index < -0.39 is 6.10 Å². The predicted molar refractivity (Wildman–Crippen MR) is 157 cm³/mol. The van der Waals surface area contributed by atoms with E-state index in [2.05, 4.69) is 84.7 Å². The normalized spacial score (nSPS) is 13.4. The van der Waals surface area contributed by atoms with E-state index in [9.17, 15) is 9.90 Å². The van der Waals surface area contributed by atoms with Crippen LogP contribution in [0.2, 0.25) is 0 Å². The number of nitrogens with zero attached hydrogens (tertiary/aromatic N) is 2. The summed E-state index contributed by atoms with van der Waals surface area (Å²) in [6.45, 7) is 12.4. The van der Waals surface area contributed by atoms with Crippen LogP contribution in [-0.2, 0) is 19.5 Å². The number of rotatable bonds is 12. The third-order valence-corrected chi connectivity index (χ3v) is 6.42. The average molecular weight is 516 g/mol. The maximum absolute atomic E-state index is 13.3. The quantitative estimate of drug-likeness (QED) is 0.305. The molecule has 0 aliphatic carbocycles. The molecule has 2 atom stereocenters. The fraction of sp³-hybridized carbons (Fsp3) is 0.424. The topological polar surface area (TPSA) is 55.8 Å². The van der Waals surface area contributed by atoms with Crippen molar-refractivity contribution in [3.63, 3.8) is 0 Å². The second-order valence-corrected chi connectivity index (χ2v) is 11.7. The molecular weight excluding hydrogens is 470 g/mol. The number of aliphatic hydroxyl groups is 1. The number of carbonyl (C=O) groups excluding carboxylic acids is 1. The zero-order valence-electron chi connectivity index (χ0n) is 23.7. The molecule has 3 aromatic rings. The molecule has 0 heterocycles. The molecule has 2 N–H and O–H groups in total. The Kier molecular flexibility index (Phi) is 10.9. The van der Waals surface area contributed by atoms with E-state index in [-0.39, 0.29) is 30.1 Å². The molecule has 0 spiro atoms. The fourth-order valence-electron chi connectivity index (χ4n) is 4.72. The maximum atomic E-state index is 13.3. The second kappa shape index (κ2) is 14.1. The smallest absolute Gasteiger partial charge is 0.317 e. The lowest BCUT2D eigenvalue weighted by atomic mass is 9.97. The number of hydrogen-bond acceptors (Lipinski definition) is 3. The van der Waals surface area contributed by atoms with Gasteiger partial charge in [-0.25, -0.2) is 4.79 Å². The number of hydrogen-bond donors (Lipinski definition) is 2. The Labute approximate surface area is 229 Å². The number of amides is 2. The molecular formula is C33H45N3O2. The van der Waals surface area contributed by atoms with Crippen LogP contribution in [0.25, 0.3) is 0 Å². The summed E-state index contributed by atoms with van der Waals surface area (Å²) >= 11 is 0. The first-order chi connectivity index (χ1) is 18.1. The molecule has 3 rings (SSSR count). The summed E-state index contributed by atoms with van der Waals surface area (Å²) < 4.78 is 0. The third kappa shape index (κ3) is 9.96. The van der Waals surface area contributed by atoms with Crippen LogP contribution in [0.4, 0.5) is 4.79 Å². The van der Waals surface area contributed by atoms with E-state index in [1.54, 1.807) is 4.90 Å². The molecule has 0 saturated heterocycles. The van der Waals surface area contributed by atoms with Gasteiger partial charge in [-0.2, -0.15) is 0 Å². The van der Waals surface area contributed by atoms with E-state index >= 15 is 0 Å². The molecule has 0 aliphatic heterocycles. The third-order valence-electron chi connectivity index (χ3n) is 6.42. The summed E-state index contributed by atoms with van der Waals surface area (Å²) in [5, 5.41) is 15.0. The minimum atomic E-state index is -0.743. The van der Waals surface area contributed by atoms with Gasteiger partial charge in [-0.1, -0.05) is 105 Å². The Hall–Kier alpha value is -3.15. The lowest BCUT2D eigenvalue weighted by Crippen LogP contribution is -2.55. The lowest BCUT2D eigenvalue weighted by molar-refractivity contribution is 0.0201. The van der Waals surface area contributed by atoms with E-state index in [0.29, 0.717) is 26.1 Å². The molecule has 5 heteroatoms. The van der Waals surface area contributed by atoms with Crippen molar-refractivity contribution in [1.82, 2.24) is 15.1 Å². The number of benzene rings is 3. The molecule has 0 radical (unpaired) electrons. The molecule has 38 heavy (non-hydrogen) atoms. The lowest BCUT2D eigenvalue weighted by Gasteiger charge is -2.38. The van der Waals surface area contributed by atoms with Gasteiger partial charge < -0.3 is 15.3 Å². The van der Waals surface area contributed by atoms with Crippen LogP contribution in [0, 0.1) is 5.92 Å². The van der Waals surface area contributed by atoms with E-state index in [4.69, 9.17) is 0 Å². The van der Waals surface area contributed by atoms with Crippen LogP contribution in [0.15, 0.2) is 91.0 Å². The van der Waals surface area contributed by atoms with Crippen LogP contribution in [0.1, 0.15) is 51.3 Å². The first kappa shape index (κ1) is 29.4. The zero-order valence-corrected chi connectivity index (χ0v) is 23.7. The Balaban J connectivity index is 1.94. The standard InChI is InChI=1S/C33H45N3O2/c1-26(2)22-36(32(38)34-33(3,4)5)25-31(37)30(21-27-15-9-6-10-16-27)35(23-28-17-11-7-12-18-28)24-29-19-13-8-14-20-29/h6-20,26,30-31,37H,21-25H2,1-5H3,(H,34,38)/t30-,31?/m0/s1. The van der Waals surface area contributed by atoms with Gasteiger partial charge in [0.05, 0.1) is 6.10 Å². The van der Waals surface area contributed by atoms with Crippen molar-refractivity contribution in [2.45, 2.75) is 71.8 Å². The van der Waals surface area contributed by atoms with Crippen LogP contribution >= 0.6 is 0 Å². The molecule has 1 unspecified atom stereocenters. The zero-order chi connectivity index (χ0) is 27.5. The van der Waals surface area contributed by atoms with E-state index in [1.165, 1.54) is 11.1 Å². The number of nitrogens with one attached hydrogen (secondary N) is 1. The molecule has 2 amide bonds. The highest BCUT2D eigenvalue weighted by molar-refractivity contribution is 5.75. The van der Waals surface area contributed by atoms with Crippen molar-refractivity contribution in [2.75, 3.05) is 13.1 Å². The van der Waals surface area contributed by atoms with Gasteiger partial charge in [-0.05, 0) is 49.8 Å². The summed E-state index contributed by atoms with van der Waals surface area (Å²) in [7, 11) is 0. The largest absolute Gasteiger partial charge is 0.390 e. The minimum Gasteiger partial charge on any atom is -0.390 e. The Morgan fingerprint density at radius 3 is 1.63 bits per heavy atom. The van der Waals surface area contributed by atoms with Gasteiger partial charge in [-0.15, -0.1) is 0 Å². The van der Waals surface area contributed by atoms with Gasteiger partial charge in [0.2, 0.25) is 0 Å². The number of carbonyl (C=O) groups is 1. The van der Waals surface area contributed by atoms with Crippen LogP contribution in [-0.4, -0.2) is 51.7 Å². The van der Waals surface area contributed by atoms with Crippen molar-refractivity contribution in [3.05, 3.63) is 108 Å². The first-order valence-electron chi connectivity index (χ1n) is 13.7. The molecule has 0 aliphatic rings. The molecule has 3 aromatic carbocycles. The van der Waals surface area contributed by atoms with Crippen molar-refractivity contribution in [2.24, 2.45) is 5.92 Å². The minimum absolute atomic E-state index is 0.138. The summed E-state index contributed by atoms with van der Waals surface area (Å²) in [6, 6.07) is 30.8. The SMILES string of the molecule is CC(C)CN(CC(O)[C@H](Cc1ccccc1)N(Cc1ccccc1)Cc1ccccc1)C(=O)NC(C)(C)C. The second-order valence-electron chi connectivity index (χ2n) is 11.7. The van der Waals surface area contributed by atoms with Gasteiger partial charge >= 0.3 is 6.03 Å². The van der Waals surface area contributed by atoms with Gasteiger partial charge in [0, 0.05) is 37.8 Å². The highest BCUT2D eigenvalue weighted by atomic mass is 16.3. The highest BCUT2D eigenvalue weighted by Crippen LogP contribution is 2.21. The molecule has 0 aromatic heterocycles. The van der Waals surface area contributed by atoms with Crippen LogP contribution in [0.3, 0.4) is 0 Å². The first-order valence-corrected chi connectivity index (χ1v) is 13.7. The molecule has 0 saturated carbocycles. The van der Waals surface area contributed by atoms with Crippen molar-refractivity contribution >= 4 is 6.03 Å². The van der Waals surface area contributed by atoms with Crippen molar-refractivity contribution in [1.29, 1.82) is 0 Å². The number of aliphatic hydroxyl groups excluding tert-OH is 1. The Morgan fingerprint density at radius 1 is 0.763 bits per heavy atom. The predicted octanol–water partition coefficient (Wildman–Crippen LogP) is 6.13. The summed E-state index contributed by atoms with van der Waals surface area (Å²) in [5.74, 6) is 0.283. The molecule has 204 valence electrons. The van der Waals surface area contributed by atoms with Crippen LogP contribution < -0.4 is 5.32 Å². The Morgan fingerprint density at radius 2 is 1.21 bits per heavy atom. The fourth-order valence-corrected chi connectivity index (χ4v) is 4.72. The van der Waals surface area contributed by atoms with Gasteiger partial charge in [0.15, 0.2) is 0 Å². The summed E-state index contributed by atoms with van der Waals surface area (Å²) in [5.41, 5.74) is 3.20. The van der Waals surface area contributed by atoms with Crippen molar-refractivity contribution < 1.29 is 9.90 Å². The monoisotopic (exact) mass is 515 g/mol. The van der Waals surface area contributed by atoms with Gasteiger partial charge in [0.1, 0.15) is 0 Å². The Bertz CT molecular complexity index is 1040. The molecule has 0 fully saturated rings. The summed E-state index contributed by atoms with van der Waals surface area (Å²) in [6.07, 6.45) is -0.0648. The van der Waals surface area contributed by atoms with E-state index in [1.807, 2.05) is 51.1 Å². The summed E-state index contributed by atoms with van der Waals surface area (Å²) in [4.78, 5) is 17.4. The number of urea groups is 1. The average Bonchev–Trinajstić information content (AvgIpc) is 2.87. The molecule has 0 bridgehead atoms. The highest BCUT2D eigenvalue weighted by Gasteiger charge is 2.31. The van der Waals surface area contributed by atoms with Gasteiger partial charge in [-0.3, -0.25) is 4.90 Å². The van der Waals surface area contributed by atoms with Gasteiger partial charge in [0.25, 0.3) is 0 Å². The van der Waals surface area contributed by atoms with Crippen molar-refractivity contribution in [3.8, 4) is 0 Å².